The molecular weight excluding hydrogens is 371 g/mol. The van der Waals surface area contributed by atoms with Crippen LogP contribution >= 0.6 is 23.2 Å². The summed E-state index contributed by atoms with van der Waals surface area (Å²) in [4.78, 5) is 26.0. The summed E-state index contributed by atoms with van der Waals surface area (Å²) >= 11 is 12.0. The standard InChI is InChI=1S/C19H20Cl2N4O/c1-12-22-17-11-25(10-14(17)19(23-12)24-7-2-8-24)18(26)6-4-13-3-5-15(20)16(21)9-13/h3,5,9H,2,4,6-8,10-11H2,1H3. The number of nitrogens with zero attached hydrogens (tertiary/aromatic N) is 4. The van der Waals surface area contributed by atoms with Gasteiger partial charge < -0.3 is 9.80 Å². The summed E-state index contributed by atoms with van der Waals surface area (Å²) in [6.07, 6.45) is 2.29. The molecule has 5 nitrogen and oxygen atoms in total. The second-order valence-corrected chi connectivity index (χ2v) is 7.67. The molecule has 0 atom stereocenters. The first-order valence-electron chi connectivity index (χ1n) is 8.84. The Bertz CT molecular complexity index is 867. The Morgan fingerprint density at radius 3 is 2.65 bits per heavy atom. The molecule has 0 aliphatic carbocycles. The summed E-state index contributed by atoms with van der Waals surface area (Å²) in [5, 5.41) is 1.05. The molecule has 2 aliphatic rings. The predicted octanol–water partition coefficient (Wildman–Crippen LogP) is 3.78. The molecule has 3 heterocycles. The Hall–Kier alpha value is -1.85. The van der Waals surface area contributed by atoms with E-state index in [1.54, 1.807) is 6.07 Å². The Labute approximate surface area is 162 Å². The number of aromatic nitrogens is 2. The van der Waals surface area contributed by atoms with Gasteiger partial charge in [0.05, 0.1) is 28.8 Å². The molecule has 2 aromatic rings. The van der Waals surface area contributed by atoms with Gasteiger partial charge in [-0.2, -0.15) is 0 Å². The average molecular weight is 391 g/mol. The van der Waals surface area contributed by atoms with Crippen LogP contribution in [-0.2, 0) is 24.3 Å². The zero-order valence-corrected chi connectivity index (χ0v) is 16.1. The molecule has 0 N–H and O–H groups in total. The fourth-order valence-corrected chi connectivity index (χ4v) is 3.75. The van der Waals surface area contributed by atoms with Gasteiger partial charge in [0.2, 0.25) is 5.91 Å². The lowest BCUT2D eigenvalue weighted by molar-refractivity contribution is -0.131. The number of benzene rings is 1. The number of hydrogen-bond acceptors (Lipinski definition) is 4. The van der Waals surface area contributed by atoms with Crippen LogP contribution in [0.15, 0.2) is 18.2 Å². The van der Waals surface area contributed by atoms with E-state index in [-0.39, 0.29) is 5.91 Å². The zero-order chi connectivity index (χ0) is 18.3. The zero-order valence-electron chi connectivity index (χ0n) is 14.6. The minimum absolute atomic E-state index is 0.126. The van der Waals surface area contributed by atoms with Crippen LogP contribution in [0.25, 0.3) is 0 Å². The number of halogens is 2. The molecule has 0 spiro atoms. The third-order valence-corrected chi connectivity index (χ3v) is 5.73. The fourth-order valence-electron chi connectivity index (χ4n) is 3.43. The summed E-state index contributed by atoms with van der Waals surface area (Å²) in [6.45, 7) is 5.15. The summed E-state index contributed by atoms with van der Waals surface area (Å²) in [6, 6.07) is 5.51. The molecule has 1 aromatic heterocycles. The number of amides is 1. The van der Waals surface area contributed by atoms with Crippen LogP contribution in [0.3, 0.4) is 0 Å². The SMILES string of the molecule is Cc1nc2c(c(N3CCC3)n1)CN(C(=O)CCc1ccc(Cl)c(Cl)c1)C2. The smallest absolute Gasteiger partial charge is 0.223 e. The number of aryl methyl sites for hydroxylation is 2. The molecular formula is C19H20Cl2N4O. The highest BCUT2D eigenvalue weighted by molar-refractivity contribution is 6.42. The summed E-state index contributed by atoms with van der Waals surface area (Å²) < 4.78 is 0. The first-order chi connectivity index (χ1) is 12.5. The lowest BCUT2D eigenvalue weighted by Gasteiger charge is -2.33. The van der Waals surface area contributed by atoms with Crippen LogP contribution in [0, 0.1) is 6.92 Å². The van der Waals surface area contributed by atoms with Crippen molar-refractivity contribution < 1.29 is 4.79 Å². The lowest BCUT2D eigenvalue weighted by Crippen LogP contribution is -2.38. The van der Waals surface area contributed by atoms with Gasteiger partial charge in [-0.1, -0.05) is 29.3 Å². The van der Waals surface area contributed by atoms with Gasteiger partial charge in [0, 0.05) is 25.1 Å². The molecule has 2 aliphatic heterocycles. The van der Waals surface area contributed by atoms with Crippen LogP contribution < -0.4 is 4.90 Å². The summed E-state index contributed by atoms with van der Waals surface area (Å²) in [7, 11) is 0. The minimum atomic E-state index is 0.126. The van der Waals surface area contributed by atoms with E-state index < -0.39 is 0 Å². The lowest BCUT2D eigenvalue weighted by atomic mass is 10.1. The highest BCUT2D eigenvalue weighted by atomic mass is 35.5. The Morgan fingerprint density at radius 2 is 1.96 bits per heavy atom. The van der Waals surface area contributed by atoms with E-state index in [4.69, 9.17) is 23.2 Å². The number of anilines is 1. The van der Waals surface area contributed by atoms with Crippen molar-refractivity contribution in [3.05, 3.63) is 50.9 Å². The minimum Gasteiger partial charge on any atom is -0.356 e. The first-order valence-corrected chi connectivity index (χ1v) is 9.60. The monoisotopic (exact) mass is 390 g/mol. The quantitative estimate of drug-likeness (QED) is 0.796. The highest BCUT2D eigenvalue weighted by Crippen LogP contribution is 2.32. The van der Waals surface area contributed by atoms with Crippen molar-refractivity contribution in [2.24, 2.45) is 0 Å². The van der Waals surface area contributed by atoms with Crippen molar-refractivity contribution in [2.45, 2.75) is 39.3 Å². The number of rotatable bonds is 4. The molecule has 136 valence electrons. The van der Waals surface area contributed by atoms with Crippen molar-refractivity contribution >= 4 is 34.9 Å². The average Bonchev–Trinajstić information content (AvgIpc) is 2.98. The van der Waals surface area contributed by atoms with E-state index in [1.165, 1.54) is 6.42 Å². The van der Waals surface area contributed by atoms with Gasteiger partial charge in [-0.25, -0.2) is 9.97 Å². The molecule has 4 rings (SSSR count). The Balaban J connectivity index is 1.44. The van der Waals surface area contributed by atoms with Gasteiger partial charge in [0.25, 0.3) is 0 Å². The molecule has 0 unspecified atom stereocenters. The fraction of sp³-hybridized carbons (Fsp3) is 0.421. The molecule has 1 saturated heterocycles. The van der Waals surface area contributed by atoms with Crippen LogP contribution in [0.1, 0.15) is 35.5 Å². The van der Waals surface area contributed by atoms with E-state index in [9.17, 15) is 4.79 Å². The predicted molar refractivity (Wildman–Crippen MR) is 103 cm³/mol. The van der Waals surface area contributed by atoms with Crippen molar-refractivity contribution in [1.29, 1.82) is 0 Å². The molecule has 26 heavy (non-hydrogen) atoms. The van der Waals surface area contributed by atoms with Gasteiger partial charge in [-0.05, 0) is 37.5 Å². The largest absolute Gasteiger partial charge is 0.356 e. The summed E-state index contributed by atoms with van der Waals surface area (Å²) in [5.74, 6) is 1.91. The molecule has 1 fully saturated rings. The van der Waals surface area contributed by atoms with E-state index >= 15 is 0 Å². The van der Waals surface area contributed by atoms with Crippen LogP contribution in [0.4, 0.5) is 5.82 Å². The van der Waals surface area contributed by atoms with Crippen LogP contribution in [-0.4, -0.2) is 33.9 Å². The first kappa shape index (κ1) is 17.6. The molecule has 7 heteroatoms. The third-order valence-electron chi connectivity index (χ3n) is 4.99. The van der Waals surface area contributed by atoms with Gasteiger partial charge in [-0.15, -0.1) is 0 Å². The molecule has 0 bridgehead atoms. The van der Waals surface area contributed by atoms with E-state index in [0.29, 0.717) is 36.0 Å². The summed E-state index contributed by atoms with van der Waals surface area (Å²) in [5.41, 5.74) is 3.11. The third kappa shape index (κ3) is 3.38. The number of carbonyl (C=O) groups excluding carboxylic acids is 1. The van der Waals surface area contributed by atoms with Gasteiger partial charge in [-0.3, -0.25) is 4.79 Å². The molecule has 1 amide bonds. The van der Waals surface area contributed by atoms with Gasteiger partial charge >= 0.3 is 0 Å². The Morgan fingerprint density at radius 1 is 1.15 bits per heavy atom. The Kier molecular flexibility index (Phi) is 4.76. The second kappa shape index (κ2) is 7.05. The maximum absolute atomic E-state index is 12.7. The van der Waals surface area contributed by atoms with Crippen LogP contribution in [0.2, 0.25) is 10.0 Å². The second-order valence-electron chi connectivity index (χ2n) is 6.86. The van der Waals surface area contributed by atoms with Crippen LogP contribution in [0.5, 0.6) is 0 Å². The van der Waals surface area contributed by atoms with Gasteiger partial charge in [0.1, 0.15) is 11.6 Å². The molecule has 0 radical (unpaired) electrons. The molecule has 0 saturated carbocycles. The number of hydrogen-bond donors (Lipinski definition) is 0. The maximum Gasteiger partial charge on any atom is 0.223 e. The normalized spacial score (nSPS) is 15.8. The van der Waals surface area contributed by atoms with Crippen molar-refractivity contribution in [3.8, 4) is 0 Å². The van der Waals surface area contributed by atoms with Crippen molar-refractivity contribution in [1.82, 2.24) is 14.9 Å². The van der Waals surface area contributed by atoms with Gasteiger partial charge in [0.15, 0.2) is 0 Å². The van der Waals surface area contributed by atoms with Crippen molar-refractivity contribution in [3.63, 3.8) is 0 Å². The molecule has 1 aromatic carbocycles. The highest BCUT2D eigenvalue weighted by Gasteiger charge is 2.30. The van der Waals surface area contributed by atoms with Crippen molar-refractivity contribution in [2.75, 3.05) is 18.0 Å². The number of fused-ring (bicyclic) bond motifs is 1. The number of carbonyl (C=O) groups is 1. The van der Waals surface area contributed by atoms with E-state index in [0.717, 1.165) is 41.6 Å². The van der Waals surface area contributed by atoms with E-state index in [2.05, 4.69) is 14.9 Å². The maximum atomic E-state index is 12.7. The topological polar surface area (TPSA) is 49.3 Å². The van der Waals surface area contributed by atoms with E-state index in [1.807, 2.05) is 24.0 Å².